The van der Waals surface area contributed by atoms with Crippen molar-refractivity contribution in [3.63, 3.8) is 0 Å². The molecule has 1 aromatic carbocycles. The summed E-state index contributed by atoms with van der Waals surface area (Å²) in [6, 6.07) is 7.13. The Morgan fingerprint density at radius 3 is 2.55 bits per heavy atom. The van der Waals surface area contributed by atoms with Gasteiger partial charge in [0.15, 0.2) is 5.76 Å². The number of aromatic carboxylic acids is 1. The third-order valence-electron chi connectivity index (χ3n) is 4.17. The topological polar surface area (TPSA) is 118 Å². The number of aromatic nitrogens is 2. The predicted octanol–water partition coefficient (Wildman–Crippen LogP) is 3.38. The number of benzene rings is 1. The maximum absolute atomic E-state index is 14.4. The number of amides is 1. The Morgan fingerprint density at radius 2 is 1.93 bits per heavy atom. The zero-order chi connectivity index (χ0) is 21.2. The molecule has 0 fully saturated rings. The second-order valence-electron chi connectivity index (χ2n) is 6.29. The standard InChI is InChI=1S/C19H17F2N3O5/c1-2-24-9-14(17(26)27)15(10-24)22-18(28)19(20,21)8-12-7-16(29-23-12)11-3-5-13(25)6-4-11/h3-7,9-10,25H,2,8H2,1H3,(H,22,28)(H,26,27). The zero-order valence-corrected chi connectivity index (χ0v) is 15.2. The van der Waals surface area contributed by atoms with Gasteiger partial charge in [-0.15, -0.1) is 0 Å². The number of nitrogens with one attached hydrogen (secondary N) is 1. The molecular formula is C19H17F2N3O5. The molecule has 10 heteroatoms. The summed E-state index contributed by atoms with van der Waals surface area (Å²) in [7, 11) is 0. The van der Waals surface area contributed by atoms with Crippen molar-refractivity contribution in [2.75, 3.05) is 5.32 Å². The lowest BCUT2D eigenvalue weighted by atomic mass is 10.1. The van der Waals surface area contributed by atoms with Gasteiger partial charge in [-0.3, -0.25) is 4.79 Å². The third kappa shape index (κ3) is 4.42. The van der Waals surface area contributed by atoms with Gasteiger partial charge in [0, 0.05) is 30.6 Å². The van der Waals surface area contributed by atoms with Crippen molar-refractivity contribution < 1.29 is 33.1 Å². The Morgan fingerprint density at radius 1 is 1.24 bits per heavy atom. The van der Waals surface area contributed by atoms with E-state index >= 15 is 0 Å². The second kappa shape index (κ2) is 7.74. The first-order valence-corrected chi connectivity index (χ1v) is 8.57. The Kier molecular flexibility index (Phi) is 5.35. The van der Waals surface area contributed by atoms with E-state index in [0.29, 0.717) is 12.1 Å². The molecule has 0 aliphatic heterocycles. The lowest BCUT2D eigenvalue weighted by molar-refractivity contribution is -0.139. The summed E-state index contributed by atoms with van der Waals surface area (Å²) in [4.78, 5) is 23.3. The number of carbonyl (C=O) groups is 2. The van der Waals surface area contributed by atoms with Crippen LogP contribution in [0.15, 0.2) is 47.2 Å². The molecule has 2 aromatic heterocycles. The number of hydrogen-bond acceptors (Lipinski definition) is 5. The smallest absolute Gasteiger partial charge is 0.339 e. The van der Waals surface area contributed by atoms with Crippen molar-refractivity contribution in [2.24, 2.45) is 0 Å². The van der Waals surface area contributed by atoms with Crippen molar-refractivity contribution in [2.45, 2.75) is 25.8 Å². The molecule has 2 heterocycles. The number of phenols is 1. The van der Waals surface area contributed by atoms with E-state index in [9.17, 15) is 23.5 Å². The number of carboxylic acids is 1. The average Bonchev–Trinajstić information content (AvgIpc) is 3.29. The number of carboxylic acid groups (broad SMARTS) is 1. The normalized spacial score (nSPS) is 11.4. The fourth-order valence-corrected chi connectivity index (χ4v) is 2.64. The van der Waals surface area contributed by atoms with Gasteiger partial charge in [0.05, 0.1) is 17.8 Å². The third-order valence-corrected chi connectivity index (χ3v) is 4.17. The Balaban J connectivity index is 1.74. The van der Waals surface area contributed by atoms with E-state index in [2.05, 4.69) is 5.16 Å². The van der Waals surface area contributed by atoms with Gasteiger partial charge in [-0.1, -0.05) is 5.16 Å². The Hall–Kier alpha value is -3.69. The van der Waals surface area contributed by atoms with Crippen molar-refractivity contribution >= 4 is 17.6 Å². The van der Waals surface area contributed by atoms with E-state index in [1.165, 1.54) is 47.3 Å². The minimum Gasteiger partial charge on any atom is -0.508 e. The van der Waals surface area contributed by atoms with Gasteiger partial charge in [0.2, 0.25) is 0 Å². The van der Waals surface area contributed by atoms with E-state index in [1.54, 1.807) is 6.92 Å². The Bertz CT molecular complexity index is 1040. The summed E-state index contributed by atoms with van der Waals surface area (Å²) in [6.07, 6.45) is 1.49. The molecule has 3 N–H and O–H groups in total. The van der Waals surface area contributed by atoms with Crippen molar-refractivity contribution in [1.82, 2.24) is 9.72 Å². The highest BCUT2D eigenvalue weighted by atomic mass is 19.3. The highest BCUT2D eigenvalue weighted by Crippen LogP contribution is 2.27. The molecule has 0 radical (unpaired) electrons. The fourth-order valence-electron chi connectivity index (χ4n) is 2.64. The first-order chi connectivity index (χ1) is 13.7. The van der Waals surface area contributed by atoms with Crippen LogP contribution in [-0.2, 0) is 17.8 Å². The minimum absolute atomic E-state index is 0.0364. The zero-order valence-electron chi connectivity index (χ0n) is 15.2. The number of carbonyl (C=O) groups excluding carboxylic acids is 1. The van der Waals surface area contributed by atoms with Gasteiger partial charge in [-0.2, -0.15) is 8.78 Å². The number of halogens is 2. The number of alkyl halides is 2. The van der Waals surface area contributed by atoms with Crippen LogP contribution >= 0.6 is 0 Å². The van der Waals surface area contributed by atoms with E-state index in [-0.39, 0.29) is 28.5 Å². The maximum Gasteiger partial charge on any atom is 0.339 e. The molecule has 0 aliphatic carbocycles. The van der Waals surface area contributed by atoms with Crippen LogP contribution in [0, 0.1) is 0 Å². The van der Waals surface area contributed by atoms with Gasteiger partial charge in [0.25, 0.3) is 5.91 Å². The first kappa shape index (κ1) is 20.1. The summed E-state index contributed by atoms with van der Waals surface area (Å²) in [5.41, 5.74) is -0.139. The number of phenolic OH excluding ortho intramolecular Hbond substituents is 1. The number of aryl methyl sites for hydroxylation is 1. The van der Waals surface area contributed by atoms with E-state index in [1.807, 2.05) is 5.32 Å². The highest BCUT2D eigenvalue weighted by Gasteiger charge is 2.40. The number of nitrogens with zero attached hydrogens (tertiary/aromatic N) is 2. The monoisotopic (exact) mass is 405 g/mol. The maximum atomic E-state index is 14.4. The van der Waals surface area contributed by atoms with Gasteiger partial charge >= 0.3 is 11.9 Å². The highest BCUT2D eigenvalue weighted by molar-refractivity contribution is 6.02. The molecule has 0 saturated heterocycles. The molecule has 3 rings (SSSR count). The van der Waals surface area contributed by atoms with Crippen LogP contribution < -0.4 is 5.32 Å². The van der Waals surface area contributed by atoms with Crippen molar-refractivity contribution in [3.8, 4) is 17.1 Å². The van der Waals surface area contributed by atoms with Crippen molar-refractivity contribution in [1.29, 1.82) is 0 Å². The molecule has 152 valence electrons. The van der Waals surface area contributed by atoms with Crippen LogP contribution in [0.2, 0.25) is 0 Å². The van der Waals surface area contributed by atoms with Crippen LogP contribution in [0.5, 0.6) is 5.75 Å². The first-order valence-electron chi connectivity index (χ1n) is 8.57. The summed E-state index contributed by atoms with van der Waals surface area (Å²) >= 11 is 0. The van der Waals surface area contributed by atoms with E-state index in [4.69, 9.17) is 9.63 Å². The Labute approximate surface area is 163 Å². The fraction of sp³-hybridized carbons (Fsp3) is 0.211. The quantitative estimate of drug-likeness (QED) is 0.555. The second-order valence-corrected chi connectivity index (χ2v) is 6.29. The summed E-state index contributed by atoms with van der Waals surface area (Å²) in [5, 5.41) is 24.0. The molecule has 1 amide bonds. The molecule has 3 aromatic rings. The summed E-state index contributed by atoms with van der Waals surface area (Å²) < 4.78 is 35.3. The molecule has 0 unspecified atom stereocenters. The van der Waals surface area contributed by atoms with Crippen molar-refractivity contribution in [3.05, 3.63) is 54.0 Å². The lowest BCUT2D eigenvalue weighted by Crippen LogP contribution is -2.37. The predicted molar refractivity (Wildman–Crippen MR) is 97.9 cm³/mol. The number of hydrogen-bond donors (Lipinski definition) is 3. The van der Waals surface area contributed by atoms with Crippen LogP contribution in [0.25, 0.3) is 11.3 Å². The molecule has 0 bridgehead atoms. The molecule has 0 saturated carbocycles. The summed E-state index contributed by atoms with van der Waals surface area (Å²) in [5.74, 6) is -6.61. The van der Waals surface area contributed by atoms with Gasteiger partial charge in [-0.25, -0.2) is 4.79 Å². The SMILES string of the molecule is CCn1cc(NC(=O)C(F)(F)Cc2cc(-c3ccc(O)cc3)on2)c(C(=O)O)c1. The number of anilines is 1. The molecule has 8 nitrogen and oxygen atoms in total. The largest absolute Gasteiger partial charge is 0.508 e. The molecule has 0 aliphatic rings. The average molecular weight is 405 g/mol. The van der Waals surface area contributed by atoms with E-state index in [0.717, 1.165) is 0 Å². The van der Waals surface area contributed by atoms with Crippen LogP contribution in [0.3, 0.4) is 0 Å². The molecular weight excluding hydrogens is 388 g/mol. The molecule has 29 heavy (non-hydrogen) atoms. The van der Waals surface area contributed by atoms with Gasteiger partial charge in [-0.05, 0) is 31.2 Å². The molecule has 0 spiro atoms. The number of aromatic hydroxyl groups is 1. The number of rotatable bonds is 7. The van der Waals surface area contributed by atoms with Gasteiger partial charge in [0.1, 0.15) is 11.3 Å². The minimum atomic E-state index is -3.85. The van der Waals surface area contributed by atoms with Crippen LogP contribution in [0.1, 0.15) is 23.0 Å². The molecule has 0 atom stereocenters. The lowest BCUT2D eigenvalue weighted by Gasteiger charge is -2.14. The summed E-state index contributed by atoms with van der Waals surface area (Å²) in [6.45, 7) is 2.15. The van der Waals surface area contributed by atoms with Crippen LogP contribution in [0.4, 0.5) is 14.5 Å². The van der Waals surface area contributed by atoms with Gasteiger partial charge < -0.3 is 24.6 Å². The van der Waals surface area contributed by atoms with Crippen LogP contribution in [-0.4, -0.2) is 37.7 Å². The van der Waals surface area contributed by atoms with E-state index < -0.39 is 24.2 Å².